The Labute approximate surface area is 211 Å². The van der Waals surface area contributed by atoms with Gasteiger partial charge in [-0.1, -0.05) is 48.0 Å². The van der Waals surface area contributed by atoms with E-state index in [2.05, 4.69) is 9.88 Å². The van der Waals surface area contributed by atoms with Gasteiger partial charge in [-0.25, -0.2) is 4.79 Å². The average molecular weight is 493 g/mol. The van der Waals surface area contributed by atoms with E-state index in [9.17, 15) is 9.59 Å². The van der Waals surface area contributed by atoms with Gasteiger partial charge in [-0.2, -0.15) is 0 Å². The Hall–Kier alpha value is -4.72. The Bertz CT molecular complexity index is 1860. The second-order valence-corrected chi connectivity index (χ2v) is 9.57. The molecule has 0 saturated carbocycles. The Kier molecular flexibility index (Phi) is 4.45. The fraction of sp³-hybridized carbons (Fsp3) is 0.172. The maximum atomic E-state index is 13.8. The molecule has 1 N–H and O–H groups in total. The number of nitrogens with zero attached hydrogens (tertiary/aromatic N) is 3. The van der Waals surface area contributed by atoms with Crippen molar-refractivity contribution in [1.82, 2.24) is 13.7 Å². The number of rotatable bonds is 2. The number of aryl methyl sites for hydroxylation is 2. The van der Waals surface area contributed by atoms with Crippen LogP contribution in [0.4, 0.5) is 5.69 Å². The highest BCUT2D eigenvalue weighted by atomic mass is 16.7. The second-order valence-electron chi connectivity index (χ2n) is 9.57. The van der Waals surface area contributed by atoms with Crippen molar-refractivity contribution in [3.63, 3.8) is 0 Å². The number of benzene rings is 3. The van der Waals surface area contributed by atoms with Crippen LogP contribution < -0.4 is 26.0 Å². The standard InChI is InChI=1S/C29H24N4O4/c1-16-8-10-17(11-9-16)25-23-26(31(2)29(35)32(3)28(23)34)27-24(18-12-13-21-22(14-18)37-15-36-21)30-19-6-4-5-7-20(19)33(25)27/h4-14,24,30H,15H2,1-3H3/t24-/m0/s1. The van der Waals surface area contributed by atoms with Gasteiger partial charge < -0.3 is 19.4 Å². The smallest absolute Gasteiger partial charge is 0.331 e. The number of hydrogen-bond donors (Lipinski definition) is 1. The molecule has 4 heterocycles. The summed E-state index contributed by atoms with van der Waals surface area (Å²) in [5, 5.41) is 4.17. The van der Waals surface area contributed by atoms with E-state index in [1.54, 1.807) is 11.6 Å². The van der Waals surface area contributed by atoms with E-state index in [0.717, 1.165) is 39.5 Å². The predicted molar refractivity (Wildman–Crippen MR) is 142 cm³/mol. The number of anilines is 1. The van der Waals surface area contributed by atoms with Crippen LogP contribution in [0, 0.1) is 6.92 Å². The van der Waals surface area contributed by atoms with Gasteiger partial charge in [0.2, 0.25) is 6.79 Å². The SMILES string of the molecule is Cc1ccc(-c2c3c(=O)n(C)c(=O)n(C)c3c3n2-c2ccccc2N[C@H]3c2ccc3c(c2)OCO3)cc1. The molecule has 2 aromatic heterocycles. The third-order valence-corrected chi connectivity index (χ3v) is 7.38. The van der Waals surface area contributed by atoms with Crippen molar-refractivity contribution in [3.8, 4) is 28.4 Å². The van der Waals surface area contributed by atoms with Gasteiger partial charge in [0.25, 0.3) is 5.56 Å². The van der Waals surface area contributed by atoms with Crippen LogP contribution in [0.25, 0.3) is 27.8 Å². The van der Waals surface area contributed by atoms with Crippen LogP contribution in [0.1, 0.15) is 22.9 Å². The van der Waals surface area contributed by atoms with E-state index < -0.39 is 0 Å². The minimum Gasteiger partial charge on any atom is -0.454 e. The van der Waals surface area contributed by atoms with Gasteiger partial charge >= 0.3 is 5.69 Å². The molecule has 3 aromatic carbocycles. The highest BCUT2D eigenvalue weighted by molar-refractivity contribution is 5.99. The zero-order chi connectivity index (χ0) is 25.4. The summed E-state index contributed by atoms with van der Waals surface area (Å²) in [6.45, 7) is 2.22. The van der Waals surface area contributed by atoms with Crippen LogP contribution in [0.15, 0.2) is 76.3 Å². The maximum absolute atomic E-state index is 13.8. The van der Waals surface area contributed by atoms with Crippen molar-refractivity contribution in [2.75, 3.05) is 12.1 Å². The van der Waals surface area contributed by atoms with E-state index in [1.165, 1.54) is 11.6 Å². The number of fused-ring (bicyclic) bond motifs is 6. The summed E-state index contributed by atoms with van der Waals surface area (Å²) in [5.74, 6) is 1.37. The minimum absolute atomic E-state index is 0.182. The molecule has 0 radical (unpaired) electrons. The van der Waals surface area contributed by atoms with E-state index >= 15 is 0 Å². The Morgan fingerprint density at radius 2 is 1.65 bits per heavy atom. The Morgan fingerprint density at radius 3 is 2.46 bits per heavy atom. The Morgan fingerprint density at radius 1 is 0.892 bits per heavy atom. The number of nitrogens with one attached hydrogen (secondary N) is 1. The van der Waals surface area contributed by atoms with Gasteiger partial charge in [-0.3, -0.25) is 13.9 Å². The third kappa shape index (κ3) is 2.95. The van der Waals surface area contributed by atoms with Crippen molar-refractivity contribution >= 4 is 16.6 Å². The maximum Gasteiger partial charge on any atom is 0.331 e. The van der Waals surface area contributed by atoms with Gasteiger partial charge in [0.05, 0.1) is 39.7 Å². The van der Waals surface area contributed by atoms with Crippen molar-refractivity contribution in [3.05, 3.63) is 104 Å². The van der Waals surface area contributed by atoms with Crippen LogP contribution in [-0.2, 0) is 14.1 Å². The van der Waals surface area contributed by atoms with E-state index in [4.69, 9.17) is 9.47 Å². The number of ether oxygens (including phenoxy) is 2. The molecule has 8 nitrogen and oxygen atoms in total. The summed E-state index contributed by atoms with van der Waals surface area (Å²) >= 11 is 0. The zero-order valence-corrected chi connectivity index (χ0v) is 20.6. The van der Waals surface area contributed by atoms with Crippen LogP contribution in [0.3, 0.4) is 0 Å². The molecule has 2 aliphatic rings. The zero-order valence-electron chi connectivity index (χ0n) is 20.6. The first kappa shape index (κ1) is 21.6. The lowest BCUT2D eigenvalue weighted by Crippen LogP contribution is -2.37. The van der Waals surface area contributed by atoms with Gasteiger partial charge in [-0.15, -0.1) is 0 Å². The molecule has 1 atom stereocenters. The minimum atomic E-state index is -0.371. The molecule has 8 heteroatoms. The van der Waals surface area contributed by atoms with Gasteiger partial charge in [0.1, 0.15) is 0 Å². The molecule has 0 unspecified atom stereocenters. The molecule has 2 aliphatic heterocycles. The summed E-state index contributed by atoms with van der Waals surface area (Å²) in [7, 11) is 3.25. The van der Waals surface area contributed by atoms with Gasteiger partial charge in [0, 0.05) is 14.1 Å². The van der Waals surface area contributed by atoms with E-state index in [-0.39, 0.29) is 24.1 Å². The largest absolute Gasteiger partial charge is 0.454 e. The summed E-state index contributed by atoms with van der Waals surface area (Å²) in [4.78, 5) is 26.9. The third-order valence-electron chi connectivity index (χ3n) is 7.38. The van der Waals surface area contributed by atoms with Crippen LogP contribution in [0.2, 0.25) is 0 Å². The molecular formula is C29H24N4O4. The monoisotopic (exact) mass is 492 g/mol. The molecule has 0 spiro atoms. The predicted octanol–water partition coefficient (Wildman–Crippen LogP) is 4.25. The molecule has 7 rings (SSSR count). The lowest BCUT2D eigenvalue weighted by Gasteiger charge is -2.31. The molecule has 184 valence electrons. The Balaban J connectivity index is 1.66. The number of para-hydroxylation sites is 2. The second kappa shape index (κ2) is 7.64. The fourth-order valence-electron chi connectivity index (χ4n) is 5.55. The van der Waals surface area contributed by atoms with E-state index in [1.807, 2.05) is 73.7 Å². The number of hydrogen-bond acceptors (Lipinski definition) is 5. The summed E-state index contributed by atoms with van der Waals surface area (Å²) in [5.41, 5.74) is 6.29. The molecule has 0 aliphatic carbocycles. The number of aromatic nitrogens is 3. The molecule has 0 amide bonds. The normalized spacial score (nSPS) is 15.4. The molecule has 37 heavy (non-hydrogen) atoms. The van der Waals surface area contributed by atoms with Crippen LogP contribution in [-0.4, -0.2) is 20.5 Å². The molecule has 0 bridgehead atoms. The average Bonchev–Trinajstić information content (AvgIpc) is 3.53. The lowest BCUT2D eigenvalue weighted by atomic mass is 9.99. The first-order valence-electron chi connectivity index (χ1n) is 12.1. The first-order valence-corrected chi connectivity index (χ1v) is 12.1. The fourth-order valence-corrected chi connectivity index (χ4v) is 5.55. The van der Waals surface area contributed by atoms with Gasteiger partial charge in [0.15, 0.2) is 11.5 Å². The topological polar surface area (TPSA) is 79.4 Å². The summed E-state index contributed by atoms with van der Waals surface area (Å²) in [6.07, 6.45) is 0. The van der Waals surface area contributed by atoms with E-state index in [0.29, 0.717) is 22.4 Å². The van der Waals surface area contributed by atoms with Crippen LogP contribution in [0.5, 0.6) is 11.5 Å². The molecular weight excluding hydrogens is 468 g/mol. The van der Waals surface area contributed by atoms with Crippen molar-refractivity contribution < 1.29 is 9.47 Å². The molecule has 0 saturated heterocycles. The van der Waals surface area contributed by atoms with Crippen LogP contribution >= 0.6 is 0 Å². The first-order chi connectivity index (χ1) is 17.9. The van der Waals surface area contributed by atoms with Crippen molar-refractivity contribution in [2.45, 2.75) is 13.0 Å². The summed E-state index contributed by atoms with van der Waals surface area (Å²) < 4.78 is 16.1. The van der Waals surface area contributed by atoms with Crippen molar-refractivity contribution in [1.29, 1.82) is 0 Å². The molecule has 0 fully saturated rings. The highest BCUT2D eigenvalue weighted by Crippen LogP contribution is 2.46. The quantitative estimate of drug-likeness (QED) is 0.399. The lowest BCUT2D eigenvalue weighted by molar-refractivity contribution is 0.174. The molecule has 5 aromatic rings. The van der Waals surface area contributed by atoms with Crippen molar-refractivity contribution in [2.24, 2.45) is 14.1 Å². The highest BCUT2D eigenvalue weighted by Gasteiger charge is 2.35. The van der Waals surface area contributed by atoms with Gasteiger partial charge in [-0.05, 0) is 42.3 Å². The summed E-state index contributed by atoms with van der Waals surface area (Å²) in [6, 6.07) is 21.6.